The summed E-state index contributed by atoms with van der Waals surface area (Å²) in [6.07, 6.45) is 2.51. The fourth-order valence-corrected chi connectivity index (χ4v) is 5.08. The van der Waals surface area contributed by atoms with Crippen LogP contribution in [0.3, 0.4) is 0 Å². The highest BCUT2D eigenvalue weighted by molar-refractivity contribution is 5.94. The number of nitrogens with one attached hydrogen (secondary N) is 1. The molecule has 1 saturated carbocycles. The molecule has 196 valence electrons. The van der Waals surface area contributed by atoms with Crippen LogP contribution in [-0.2, 0) is 11.2 Å². The van der Waals surface area contributed by atoms with E-state index in [4.69, 9.17) is 5.73 Å². The van der Waals surface area contributed by atoms with E-state index in [-0.39, 0.29) is 18.5 Å². The Morgan fingerprint density at radius 3 is 2.43 bits per heavy atom. The quantitative estimate of drug-likeness (QED) is 0.351. The molecule has 9 heteroatoms. The van der Waals surface area contributed by atoms with Crippen molar-refractivity contribution in [2.45, 2.75) is 63.2 Å². The lowest BCUT2D eigenvalue weighted by atomic mass is 9.70. The summed E-state index contributed by atoms with van der Waals surface area (Å²) in [4.78, 5) is 34.2. The Morgan fingerprint density at radius 1 is 1.14 bits per heavy atom. The number of hydrogen-bond donors (Lipinski definition) is 4. The van der Waals surface area contributed by atoms with E-state index >= 15 is 0 Å². The molecular formula is C28H33FN4O4. The average Bonchev–Trinajstić information content (AvgIpc) is 2.89. The van der Waals surface area contributed by atoms with E-state index in [1.807, 2.05) is 6.07 Å². The van der Waals surface area contributed by atoms with Crippen molar-refractivity contribution in [1.82, 2.24) is 15.3 Å². The van der Waals surface area contributed by atoms with Gasteiger partial charge in [-0.25, -0.2) is 9.37 Å². The zero-order valence-electron chi connectivity index (χ0n) is 20.8. The van der Waals surface area contributed by atoms with Crippen LogP contribution in [-0.4, -0.2) is 49.7 Å². The Labute approximate surface area is 215 Å². The van der Waals surface area contributed by atoms with E-state index in [2.05, 4.69) is 22.2 Å². The van der Waals surface area contributed by atoms with Crippen LogP contribution in [0.15, 0.2) is 54.7 Å². The van der Waals surface area contributed by atoms with Crippen LogP contribution in [0.25, 0.3) is 11.0 Å². The van der Waals surface area contributed by atoms with E-state index in [0.29, 0.717) is 35.4 Å². The second kappa shape index (κ2) is 11.3. The average molecular weight is 509 g/mol. The second-order valence-corrected chi connectivity index (χ2v) is 10.2. The summed E-state index contributed by atoms with van der Waals surface area (Å²) < 4.78 is 13.5. The summed E-state index contributed by atoms with van der Waals surface area (Å²) in [7, 11) is 0. The zero-order valence-corrected chi connectivity index (χ0v) is 20.8. The van der Waals surface area contributed by atoms with Crippen molar-refractivity contribution >= 4 is 22.8 Å². The molecule has 5 N–H and O–H groups in total. The molecule has 37 heavy (non-hydrogen) atoms. The number of carbonyl (C=O) groups is 2. The van der Waals surface area contributed by atoms with Crippen LogP contribution in [0.1, 0.15) is 55.1 Å². The molecule has 1 aromatic heterocycles. The van der Waals surface area contributed by atoms with Crippen LogP contribution < -0.4 is 11.1 Å². The number of para-hydroxylation sites is 2. The minimum absolute atomic E-state index is 0.0707. The second-order valence-electron chi connectivity index (χ2n) is 10.2. The number of hydrogen-bond acceptors (Lipinski definition) is 6. The first-order valence-corrected chi connectivity index (χ1v) is 12.6. The first kappa shape index (κ1) is 26.6. The van der Waals surface area contributed by atoms with Crippen molar-refractivity contribution in [2.24, 2.45) is 17.6 Å². The Hall–Kier alpha value is -3.43. The van der Waals surface area contributed by atoms with E-state index in [1.54, 1.807) is 30.3 Å². The summed E-state index contributed by atoms with van der Waals surface area (Å²) in [5.74, 6) is -2.19. The fraction of sp³-hybridized carbons (Fsp3) is 0.429. The number of fused-ring (bicyclic) bond motifs is 1. The number of rotatable bonds is 9. The van der Waals surface area contributed by atoms with Crippen molar-refractivity contribution in [2.75, 3.05) is 0 Å². The molecule has 1 aliphatic rings. The third-order valence-corrected chi connectivity index (χ3v) is 7.44. The lowest BCUT2D eigenvalue weighted by Crippen LogP contribution is -2.52. The van der Waals surface area contributed by atoms with Crippen molar-refractivity contribution < 1.29 is 24.2 Å². The van der Waals surface area contributed by atoms with E-state index in [9.17, 15) is 24.2 Å². The summed E-state index contributed by atoms with van der Waals surface area (Å²) in [6.45, 7) is 2.09. The highest BCUT2D eigenvalue weighted by Crippen LogP contribution is 2.39. The van der Waals surface area contributed by atoms with Crippen molar-refractivity contribution in [3.05, 3.63) is 71.8 Å². The standard InChI is InChI=1S/C28H33FN4O4/c1-17-10-12-28(37,13-11-17)20(26(30)35)15-25(34)23(14-18-6-8-19(29)9-7-18)33-27(36)24-16-31-21-4-2-3-5-22(21)32-24/h2-9,16-17,20,23,25,34,37H,10-15H2,1H3,(H2,30,35)(H,33,36). The maximum absolute atomic E-state index is 13.5. The highest BCUT2D eigenvalue weighted by atomic mass is 19.1. The SMILES string of the molecule is CC1CCC(O)(C(CC(O)C(Cc2ccc(F)cc2)NC(=O)c2cnc3ccccc3n2)C(N)=O)CC1. The maximum Gasteiger partial charge on any atom is 0.271 e. The van der Waals surface area contributed by atoms with Gasteiger partial charge in [-0.3, -0.25) is 14.6 Å². The molecule has 3 unspecified atom stereocenters. The number of primary amides is 1. The van der Waals surface area contributed by atoms with Crippen LogP contribution in [0, 0.1) is 17.7 Å². The smallest absolute Gasteiger partial charge is 0.271 e. The van der Waals surface area contributed by atoms with Gasteiger partial charge in [-0.05, 0) is 74.3 Å². The lowest BCUT2D eigenvalue weighted by molar-refractivity contribution is -0.138. The Bertz CT molecular complexity index is 1240. The molecule has 8 nitrogen and oxygen atoms in total. The number of nitrogens with zero attached hydrogens (tertiary/aromatic N) is 2. The first-order chi connectivity index (χ1) is 17.6. The van der Waals surface area contributed by atoms with Gasteiger partial charge in [-0.2, -0.15) is 0 Å². The largest absolute Gasteiger partial charge is 0.391 e. The predicted octanol–water partition coefficient (Wildman–Crippen LogP) is 2.90. The van der Waals surface area contributed by atoms with Gasteiger partial charge in [0.1, 0.15) is 11.5 Å². The van der Waals surface area contributed by atoms with E-state index < -0.39 is 41.3 Å². The predicted molar refractivity (Wildman–Crippen MR) is 137 cm³/mol. The van der Waals surface area contributed by atoms with Crippen molar-refractivity contribution in [1.29, 1.82) is 0 Å². The molecule has 2 aromatic carbocycles. The van der Waals surface area contributed by atoms with Crippen LogP contribution in [0.5, 0.6) is 0 Å². The van der Waals surface area contributed by atoms with Gasteiger partial charge in [0.2, 0.25) is 5.91 Å². The number of aliphatic hydroxyl groups excluding tert-OH is 1. The molecule has 4 rings (SSSR count). The minimum Gasteiger partial charge on any atom is -0.391 e. The Kier molecular flexibility index (Phi) is 8.14. The van der Waals surface area contributed by atoms with Crippen LogP contribution in [0.4, 0.5) is 4.39 Å². The zero-order chi connectivity index (χ0) is 26.6. The number of benzene rings is 2. The summed E-state index contributed by atoms with van der Waals surface area (Å²) in [6, 6.07) is 12.0. The third-order valence-electron chi connectivity index (χ3n) is 7.44. The fourth-order valence-electron chi connectivity index (χ4n) is 5.08. The molecule has 1 aliphatic carbocycles. The maximum atomic E-state index is 13.5. The van der Waals surface area contributed by atoms with Gasteiger partial charge < -0.3 is 21.3 Å². The third kappa shape index (κ3) is 6.47. The van der Waals surface area contributed by atoms with Gasteiger partial charge in [0, 0.05) is 0 Å². The number of nitrogens with two attached hydrogens (primary N) is 1. The Morgan fingerprint density at radius 2 is 1.78 bits per heavy atom. The molecule has 2 amide bonds. The van der Waals surface area contributed by atoms with Crippen LogP contribution >= 0.6 is 0 Å². The molecule has 0 radical (unpaired) electrons. The summed E-state index contributed by atoms with van der Waals surface area (Å²) in [5.41, 5.74) is 6.32. The highest BCUT2D eigenvalue weighted by Gasteiger charge is 2.44. The number of carbonyl (C=O) groups excluding carboxylic acids is 2. The van der Waals surface area contributed by atoms with Gasteiger partial charge in [-0.1, -0.05) is 31.2 Å². The molecular weight excluding hydrogens is 475 g/mol. The van der Waals surface area contributed by atoms with Crippen molar-refractivity contribution in [3.63, 3.8) is 0 Å². The van der Waals surface area contributed by atoms with Gasteiger partial charge in [0.15, 0.2) is 0 Å². The molecule has 1 heterocycles. The monoisotopic (exact) mass is 508 g/mol. The first-order valence-electron chi connectivity index (χ1n) is 12.6. The van der Waals surface area contributed by atoms with Gasteiger partial charge in [0.05, 0.1) is 40.9 Å². The normalized spacial score (nSPS) is 22.2. The molecule has 3 atom stereocenters. The number of amides is 2. The van der Waals surface area contributed by atoms with E-state index in [0.717, 1.165) is 12.8 Å². The van der Waals surface area contributed by atoms with Gasteiger partial charge >= 0.3 is 0 Å². The minimum atomic E-state index is -1.31. The summed E-state index contributed by atoms with van der Waals surface area (Å²) >= 11 is 0. The van der Waals surface area contributed by atoms with Gasteiger partial charge in [-0.15, -0.1) is 0 Å². The van der Waals surface area contributed by atoms with E-state index in [1.165, 1.54) is 18.3 Å². The molecule has 3 aromatic rings. The van der Waals surface area contributed by atoms with Gasteiger partial charge in [0.25, 0.3) is 5.91 Å². The molecule has 0 aliphatic heterocycles. The summed E-state index contributed by atoms with van der Waals surface area (Å²) in [5, 5.41) is 25.3. The molecule has 1 fully saturated rings. The number of aromatic nitrogens is 2. The number of aliphatic hydroxyl groups is 2. The van der Waals surface area contributed by atoms with Crippen molar-refractivity contribution in [3.8, 4) is 0 Å². The Balaban J connectivity index is 1.56. The van der Waals surface area contributed by atoms with Crippen LogP contribution in [0.2, 0.25) is 0 Å². The number of halogens is 1. The molecule has 0 spiro atoms. The molecule has 0 saturated heterocycles. The topological polar surface area (TPSA) is 138 Å². The lowest BCUT2D eigenvalue weighted by Gasteiger charge is -2.41. The molecule has 0 bridgehead atoms.